The molecule has 0 aliphatic carbocycles. The molecule has 1 aromatic heterocycles. The number of hydrogen-bond acceptors (Lipinski definition) is 2. The van der Waals surface area contributed by atoms with Crippen LogP contribution in [0.2, 0.25) is 0 Å². The van der Waals surface area contributed by atoms with Crippen LogP contribution in [0.25, 0.3) is 0 Å². The standard InChI is InChI=1S/C14H15FN2/c1-11-8-13(2-3-14(11)15)10-17-9-12-4-6-16-7-5-12/h2-8,17H,9-10H2,1H3. The van der Waals surface area contributed by atoms with Crippen LogP contribution < -0.4 is 5.32 Å². The van der Waals surface area contributed by atoms with Gasteiger partial charge < -0.3 is 5.32 Å². The summed E-state index contributed by atoms with van der Waals surface area (Å²) in [7, 11) is 0. The molecule has 1 heterocycles. The first-order valence-electron chi connectivity index (χ1n) is 5.60. The molecule has 0 spiro atoms. The molecule has 0 fully saturated rings. The normalized spacial score (nSPS) is 10.5. The Labute approximate surface area is 101 Å². The molecule has 0 unspecified atom stereocenters. The molecule has 2 rings (SSSR count). The fourth-order valence-corrected chi connectivity index (χ4v) is 1.67. The zero-order valence-corrected chi connectivity index (χ0v) is 9.78. The van der Waals surface area contributed by atoms with Crippen LogP contribution >= 0.6 is 0 Å². The first-order chi connectivity index (χ1) is 8.25. The maximum Gasteiger partial charge on any atom is 0.126 e. The summed E-state index contributed by atoms with van der Waals surface area (Å²) >= 11 is 0. The van der Waals surface area contributed by atoms with Gasteiger partial charge in [-0.05, 0) is 41.8 Å². The monoisotopic (exact) mass is 230 g/mol. The van der Waals surface area contributed by atoms with E-state index in [0.717, 1.165) is 18.7 Å². The Kier molecular flexibility index (Phi) is 3.83. The largest absolute Gasteiger partial charge is 0.309 e. The number of aromatic nitrogens is 1. The van der Waals surface area contributed by atoms with E-state index in [0.29, 0.717) is 5.56 Å². The Morgan fingerprint density at radius 1 is 1.06 bits per heavy atom. The number of pyridine rings is 1. The van der Waals surface area contributed by atoms with Crippen LogP contribution in [0.4, 0.5) is 4.39 Å². The molecule has 17 heavy (non-hydrogen) atoms. The van der Waals surface area contributed by atoms with Crippen LogP contribution in [0.3, 0.4) is 0 Å². The summed E-state index contributed by atoms with van der Waals surface area (Å²) in [6.07, 6.45) is 3.55. The number of nitrogens with one attached hydrogen (secondary N) is 1. The molecule has 0 saturated heterocycles. The molecule has 2 aromatic rings. The molecule has 0 radical (unpaired) electrons. The van der Waals surface area contributed by atoms with E-state index in [9.17, 15) is 4.39 Å². The number of rotatable bonds is 4. The highest BCUT2D eigenvalue weighted by Gasteiger charge is 1.98. The Balaban J connectivity index is 1.88. The second kappa shape index (κ2) is 5.55. The van der Waals surface area contributed by atoms with Gasteiger partial charge in [-0.15, -0.1) is 0 Å². The van der Waals surface area contributed by atoms with Crippen LogP contribution in [-0.4, -0.2) is 4.98 Å². The summed E-state index contributed by atoms with van der Waals surface area (Å²) in [4.78, 5) is 3.96. The van der Waals surface area contributed by atoms with E-state index in [4.69, 9.17) is 0 Å². The molecule has 0 aliphatic heterocycles. The molecule has 88 valence electrons. The highest BCUT2D eigenvalue weighted by molar-refractivity contribution is 5.23. The van der Waals surface area contributed by atoms with Gasteiger partial charge in [-0.1, -0.05) is 12.1 Å². The van der Waals surface area contributed by atoms with Crippen LogP contribution in [0.1, 0.15) is 16.7 Å². The maximum absolute atomic E-state index is 13.1. The molecule has 3 heteroatoms. The van der Waals surface area contributed by atoms with Gasteiger partial charge in [0, 0.05) is 25.5 Å². The van der Waals surface area contributed by atoms with Gasteiger partial charge in [0.2, 0.25) is 0 Å². The predicted octanol–water partition coefficient (Wildman–Crippen LogP) is 2.82. The fourth-order valence-electron chi connectivity index (χ4n) is 1.67. The minimum Gasteiger partial charge on any atom is -0.309 e. The van der Waals surface area contributed by atoms with Crippen molar-refractivity contribution in [2.45, 2.75) is 20.0 Å². The minimum atomic E-state index is -0.150. The first-order valence-corrected chi connectivity index (χ1v) is 5.60. The van der Waals surface area contributed by atoms with Crippen molar-refractivity contribution in [3.8, 4) is 0 Å². The number of benzene rings is 1. The molecule has 0 aliphatic rings. The van der Waals surface area contributed by atoms with Crippen molar-refractivity contribution in [3.05, 3.63) is 65.2 Å². The van der Waals surface area contributed by atoms with E-state index in [1.165, 1.54) is 11.6 Å². The first kappa shape index (κ1) is 11.7. The number of nitrogens with zero attached hydrogens (tertiary/aromatic N) is 1. The van der Waals surface area contributed by atoms with Crippen molar-refractivity contribution in [1.82, 2.24) is 10.3 Å². The van der Waals surface area contributed by atoms with Crippen LogP contribution in [-0.2, 0) is 13.1 Å². The van der Waals surface area contributed by atoms with E-state index in [1.54, 1.807) is 19.3 Å². The lowest BCUT2D eigenvalue weighted by atomic mass is 10.1. The Morgan fingerprint density at radius 2 is 1.76 bits per heavy atom. The number of halogens is 1. The second-order valence-corrected chi connectivity index (χ2v) is 4.04. The molecule has 0 amide bonds. The summed E-state index contributed by atoms with van der Waals surface area (Å²) in [5, 5.41) is 3.31. The lowest BCUT2D eigenvalue weighted by molar-refractivity contribution is 0.615. The number of hydrogen-bond donors (Lipinski definition) is 1. The third kappa shape index (κ3) is 3.36. The van der Waals surface area contributed by atoms with Crippen LogP contribution in [0.15, 0.2) is 42.7 Å². The highest BCUT2D eigenvalue weighted by atomic mass is 19.1. The van der Waals surface area contributed by atoms with Crippen molar-refractivity contribution >= 4 is 0 Å². The lowest BCUT2D eigenvalue weighted by Crippen LogP contribution is -2.12. The summed E-state index contributed by atoms with van der Waals surface area (Å²) in [5.74, 6) is -0.150. The highest BCUT2D eigenvalue weighted by Crippen LogP contribution is 2.09. The average molecular weight is 230 g/mol. The fraction of sp³-hybridized carbons (Fsp3) is 0.214. The molecule has 1 N–H and O–H groups in total. The topological polar surface area (TPSA) is 24.9 Å². The van der Waals surface area contributed by atoms with E-state index in [2.05, 4.69) is 10.3 Å². The maximum atomic E-state index is 13.1. The average Bonchev–Trinajstić information content (AvgIpc) is 2.35. The van der Waals surface area contributed by atoms with Crippen molar-refractivity contribution in [2.24, 2.45) is 0 Å². The quantitative estimate of drug-likeness (QED) is 0.873. The smallest absolute Gasteiger partial charge is 0.126 e. The Hall–Kier alpha value is -1.74. The second-order valence-electron chi connectivity index (χ2n) is 4.04. The van der Waals surface area contributed by atoms with Gasteiger partial charge in [0.05, 0.1) is 0 Å². The predicted molar refractivity (Wildman–Crippen MR) is 65.9 cm³/mol. The molecule has 0 bridgehead atoms. The Bertz CT molecular complexity index is 483. The minimum absolute atomic E-state index is 0.150. The summed E-state index contributed by atoms with van der Waals surface area (Å²) in [6, 6.07) is 9.14. The molecular weight excluding hydrogens is 215 g/mol. The van der Waals surface area contributed by atoms with Gasteiger partial charge in [-0.25, -0.2) is 4.39 Å². The van der Waals surface area contributed by atoms with Crippen molar-refractivity contribution < 1.29 is 4.39 Å². The third-order valence-electron chi connectivity index (χ3n) is 2.63. The van der Waals surface area contributed by atoms with Gasteiger partial charge >= 0.3 is 0 Å². The molecule has 1 aromatic carbocycles. The summed E-state index contributed by atoms with van der Waals surface area (Å²) < 4.78 is 13.1. The van der Waals surface area contributed by atoms with Crippen LogP contribution in [0.5, 0.6) is 0 Å². The third-order valence-corrected chi connectivity index (χ3v) is 2.63. The number of aryl methyl sites for hydroxylation is 1. The van der Waals surface area contributed by atoms with E-state index in [1.807, 2.05) is 24.3 Å². The Morgan fingerprint density at radius 3 is 2.47 bits per heavy atom. The van der Waals surface area contributed by atoms with Gasteiger partial charge in [0.25, 0.3) is 0 Å². The van der Waals surface area contributed by atoms with Crippen LogP contribution in [0, 0.1) is 12.7 Å². The van der Waals surface area contributed by atoms with E-state index in [-0.39, 0.29) is 5.82 Å². The summed E-state index contributed by atoms with van der Waals surface area (Å²) in [5.41, 5.74) is 2.98. The zero-order chi connectivity index (χ0) is 12.1. The molecular formula is C14H15FN2. The molecule has 2 nitrogen and oxygen atoms in total. The summed E-state index contributed by atoms with van der Waals surface area (Å²) in [6.45, 7) is 3.31. The van der Waals surface area contributed by atoms with Gasteiger partial charge in [-0.2, -0.15) is 0 Å². The van der Waals surface area contributed by atoms with E-state index >= 15 is 0 Å². The van der Waals surface area contributed by atoms with E-state index < -0.39 is 0 Å². The van der Waals surface area contributed by atoms with Crippen molar-refractivity contribution in [3.63, 3.8) is 0 Å². The van der Waals surface area contributed by atoms with Crippen molar-refractivity contribution in [1.29, 1.82) is 0 Å². The SMILES string of the molecule is Cc1cc(CNCc2ccncc2)ccc1F. The molecule has 0 atom stereocenters. The van der Waals surface area contributed by atoms with Gasteiger partial charge in [0.15, 0.2) is 0 Å². The molecule has 0 saturated carbocycles. The lowest BCUT2D eigenvalue weighted by Gasteiger charge is -2.06. The van der Waals surface area contributed by atoms with Gasteiger partial charge in [-0.3, -0.25) is 4.98 Å². The zero-order valence-electron chi connectivity index (χ0n) is 9.78. The van der Waals surface area contributed by atoms with Crippen molar-refractivity contribution in [2.75, 3.05) is 0 Å². The van der Waals surface area contributed by atoms with Gasteiger partial charge in [0.1, 0.15) is 5.82 Å².